The summed E-state index contributed by atoms with van der Waals surface area (Å²) in [7, 11) is 0. The molecule has 0 aliphatic carbocycles. The number of amides is 2. The number of carbonyl (C=O) groups is 3. The predicted molar refractivity (Wildman–Crippen MR) is 103 cm³/mol. The van der Waals surface area contributed by atoms with E-state index in [0.29, 0.717) is 41.6 Å². The van der Waals surface area contributed by atoms with Crippen molar-refractivity contribution in [1.82, 2.24) is 4.90 Å². The van der Waals surface area contributed by atoms with Gasteiger partial charge in [0.2, 0.25) is 12.7 Å². The molecule has 3 heterocycles. The van der Waals surface area contributed by atoms with Gasteiger partial charge in [-0.05, 0) is 43.9 Å². The third-order valence-electron chi connectivity index (χ3n) is 5.18. The Kier molecular flexibility index (Phi) is 5.24. The minimum atomic E-state index is -0.205. The summed E-state index contributed by atoms with van der Waals surface area (Å²) in [5, 5.41) is 2.82. The first-order chi connectivity index (χ1) is 14.0. The third kappa shape index (κ3) is 4.11. The number of piperidine rings is 1. The molecule has 8 nitrogen and oxygen atoms in total. The lowest BCUT2D eigenvalue weighted by atomic mass is 9.94. The largest absolute Gasteiger partial charge is 0.459 e. The maximum Gasteiger partial charge on any atom is 0.289 e. The molecule has 8 heteroatoms. The van der Waals surface area contributed by atoms with Crippen LogP contribution in [0.1, 0.15) is 47.1 Å². The Morgan fingerprint density at radius 3 is 2.72 bits per heavy atom. The lowest BCUT2D eigenvalue weighted by molar-refractivity contribution is -0.117. The summed E-state index contributed by atoms with van der Waals surface area (Å²) in [6.45, 7) is 2.67. The molecular formula is C21H22N2O6. The molecule has 0 saturated carbocycles. The molecule has 4 rings (SSSR count). The smallest absolute Gasteiger partial charge is 0.289 e. The number of furan rings is 1. The van der Waals surface area contributed by atoms with Gasteiger partial charge in [0.05, 0.1) is 12.0 Å². The first-order valence-corrected chi connectivity index (χ1v) is 9.58. The molecule has 0 spiro atoms. The van der Waals surface area contributed by atoms with Crippen LogP contribution in [0.15, 0.2) is 34.9 Å². The van der Waals surface area contributed by atoms with E-state index in [2.05, 4.69) is 5.32 Å². The van der Waals surface area contributed by atoms with Crippen LogP contribution in [0.25, 0.3) is 0 Å². The first-order valence-electron chi connectivity index (χ1n) is 9.58. The van der Waals surface area contributed by atoms with E-state index in [4.69, 9.17) is 13.9 Å². The third-order valence-corrected chi connectivity index (χ3v) is 5.18. The summed E-state index contributed by atoms with van der Waals surface area (Å²) >= 11 is 0. The van der Waals surface area contributed by atoms with Crippen LogP contribution in [0.2, 0.25) is 0 Å². The van der Waals surface area contributed by atoms with Crippen LogP contribution in [0.5, 0.6) is 11.5 Å². The number of ketones is 1. The Morgan fingerprint density at radius 2 is 2.00 bits per heavy atom. The minimum absolute atomic E-state index is 0.0393. The highest BCUT2D eigenvalue weighted by Crippen LogP contribution is 2.37. The van der Waals surface area contributed by atoms with Gasteiger partial charge >= 0.3 is 0 Å². The topological polar surface area (TPSA) is 98.1 Å². The zero-order valence-corrected chi connectivity index (χ0v) is 16.1. The number of rotatable bonds is 5. The van der Waals surface area contributed by atoms with E-state index >= 15 is 0 Å². The number of fused-ring (bicyclic) bond motifs is 1. The van der Waals surface area contributed by atoms with Crippen molar-refractivity contribution in [2.75, 3.05) is 25.2 Å². The molecule has 2 amide bonds. The second kappa shape index (κ2) is 7.98. The Hall–Kier alpha value is -3.29. The van der Waals surface area contributed by atoms with Crippen LogP contribution in [-0.2, 0) is 4.79 Å². The average molecular weight is 398 g/mol. The molecule has 1 saturated heterocycles. The summed E-state index contributed by atoms with van der Waals surface area (Å²) in [4.78, 5) is 38.8. The van der Waals surface area contributed by atoms with E-state index in [9.17, 15) is 14.4 Å². The maximum atomic E-state index is 12.6. The fourth-order valence-corrected chi connectivity index (χ4v) is 3.77. The monoisotopic (exact) mass is 398 g/mol. The fourth-order valence-electron chi connectivity index (χ4n) is 3.77. The number of hydrogen-bond donors (Lipinski definition) is 1. The Labute approximate surface area is 167 Å². The summed E-state index contributed by atoms with van der Waals surface area (Å²) in [6, 6.07) is 6.52. The normalized spacial score (nSPS) is 17.8. The predicted octanol–water partition coefficient (Wildman–Crippen LogP) is 3.09. The molecule has 2 aliphatic rings. The van der Waals surface area contributed by atoms with Crippen molar-refractivity contribution in [1.29, 1.82) is 0 Å². The van der Waals surface area contributed by atoms with Crippen LogP contribution in [0.4, 0.5) is 5.69 Å². The molecule has 152 valence electrons. The van der Waals surface area contributed by atoms with Crippen LogP contribution >= 0.6 is 0 Å². The number of anilines is 1. The molecule has 1 N–H and O–H groups in total. The van der Waals surface area contributed by atoms with Gasteiger partial charge in [-0.1, -0.05) is 0 Å². The highest BCUT2D eigenvalue weighted by molar-refractivity contribution is 6.04. The van der Waals surface area contributed by atoms with Gasteiger partial charge < -0.3 is 24.1 Å². The lowest BCUT2D eigenvalue weighted by Crippen LogP contribution is -2.40. The summed E-state index contributed by atoms with van der Waals surface area (Å²) in [5.41, 5.74) is 0.784. The molecule has 2 aliphatic heterocycles. The van der Waals surface area contributed by atoms with Crippen LogP contribution in [0.3, 0.4) is 0 Å². The van der Waals surface area contributed by atoms with Crippen LogP contribution in [-0.4, -0.2) is 42.4 Å². The van der Waals surface area contributed by atoms with Crippen molar-refractivity contribution in [3.8, 4) is 11.5 Å². The Balaban J connectivity index is 1.41. The number of nitrogens with one attached hydrogen (secondary N) is 1. The lowest BCUT2D eigenvalue weighted by Gasteiger charge is -2.32. The number of likely N-dealkylation sites (tertiary alicyclic amines) is 1. The van der Waals surface area contributed by atoms with Crippen molar-refractivity contribution in [3.05, 3.63) is 41.9 Å². The van der Waals surface area contributed by atoms with E-state index in [-0.39, 0.29) is 36.7 Å². The van der Waals surface area contributed by atoms with Crippen molar-refractivity contribution in [2.45, 2.75) is 26.2 Å². The van der Waals surface area contributed by atoms with E-state index < -0.39 is 0 Å². The molecule has 1 unspecified atom stereocenters. The average Bonchev–Trinajstić information content (AvgIpc) is 3.38. The van der Waals surface area contributed by atoms with Crippen molar-refractivity contribution in [2.24, 2.45) is 5.92 Å². The van der Waals surface area contributed by atoms with Crippen molar-refractivity contribution in [3.63, 3.8) is 0 Å². The van der Waals surface area contributed by atoms with Gasteiger partial charge in [-0.3, -0.25) is 14.4 Å². The quantitative estimate of drug-likeness (QED) is 0.777. The number of Topliss-reactive ketones (excluding diaryl/α,β-unsaturated/α-hetero) is 1. The zero-order chi connectivity index (χ0) is 20.4. The summed E-state index contributed by atoms with van der Waals surface area (Å²) < 4.78 is 15.8. The van der Waals surface area contributed by atoms with Gasteiger partial charge in [0.25, 0.3) is 5.91 Å². The standard InChI is InChI=1S/C21H22N2O6/c1-13(24)15-9-18-19(29-12-28-18)10-16(15)22-20(25)8-14-4-2-6-23(11-14)21(26)17-5-3-7-27-17/h3,5,7,9-10,14H,2,4,6,8,11-12H2,1H3,(H,22,25). The molecule has 1 fully saturated rings. The van der Waals surface area contributed by atoms with Gasteiger partial charge in [-0.25, -0.2) is 0 Å². The van der Waals surface area contributed by atoms with E-state index in [1.165, 1.54) is 13.2 Å². The van der Waals surface area contributed by atoms with Gasteiger partial charge in [-0.15, -0.1) is 0 Å². The molecule has 29 heavy (non-hydrogen) atoms. The number of hydrogen-bond acceptors (Lipinski definition) is 6. The van der Waals surface area contributed by atoms with Crippen molar-refractivity contribution >= 4 is 23.3 Å². The van der Waals surface area contributed by atoms with E-state index in [1.54, 1.807) is 29.2 Å². The minimum Gasteiger partial charge on any atom is -0.459 e. The van der Waals surface area contributed by atoms with Gasteiger partial charge in [0.15, 0.2) is 23.0 Å². The Bertz CT molecular complexity index is 937. The van der Waals surface area contributed by atoms with E-state index in [1.807, 2.05) is 0 Å². The SMILES string of the molecule is CC(=O)c1cc2c(cc1NC(=O)CC1CCCN(C(=O)c3ccco3)C1)OCO2. The molecule has 1 atom stereocenters. The molecule has 0 bridgehead atoms. The van der Waals surface area contributed by atoms with Crippen molar-refractivity contribution < 1.29 is 28.3 Å². The fraction of sp³-hybridized carbons (Fsp3) is 0.381. The Morgan fingerprint density at radius 1 is 1.21 bits per heavy atom. The highest BCUT2D eigenvalue weighted by atomic mass is 16.7. The number of benzene rings is 1. The second-order valence-electron chi connectivity index (χ2n) is 7.30. The molecule has 0 radical (unpaired) electrons. The second-order valence-corrected chi connectivity index (χ2v) is 7.30. The van der Waals surface area contributed by atoms with Gasteiger partial charge in [-0.2, -0.15) is 0 Å². The molecule has 1 aromatic heterocycles. The van der Waals surface area contributed by atoms with Gasteiger partial charge in [0.1, 0.15) is 0 Å². The molecule has 1 aromatic carbocycles. The highest BCUT2D eigenvalue weighted by Gasteiger charge is 2.28. The summed E-state index contributed by atoms with van der Waals surface area (Å²) in [6.07, 6.45) is 3.41. The van der Waals surface area contributed by atoms with Gasteiger partial charge in [0, 0.05) is 31.1 Å². The van der Waals surface area contributed by atoms with E-state index in [0.717, 1.165) is 12.8 Å². The number of carbonyl (C=O) groups excluding carboxylic acids is 3. The molecule has 2 aromatic rings. The first kappa shape index (κ1) is 19.0. The zero-order valence-electron chi connectivity index (χ0n) is 16.1. The number of nitrogens with zero attached hydrogens (tertiary/aromatic N) is 1. The maximum absolute atomic E-state index is 12.6. The van der Waals surface area contributed by atoms with Crippen LogP contribution in [0, 0.1) is 5.92 Å². The number of ether oxygens (including phenoxy) is 2. The molecular weight excluding hydrogens is 376 g/mol. The summed E-state index contributed by atoms with van der Waals surface area (Å²) in [5.74, 6) is 0.801. The van der Waals surface area contributed by atoms with Crippen LogP contribution < -0.4 is 14.8 Å².